The Hall–Kier alpha value is -2.54. The zero-order valence-corrected chi connectivity index (χ0v) is 14.0. The van der Waals surface area contributed by atoms with Crippen LogP contribution in [0.5, 0.6) is 5.75 Å². The van der Waals surface area contributed by atoms with E-state index in [1.165, 1.54) is 0 Å². The van der Waals surface area contributed by atoms with Gasteiger partial charge in [0.2, 0.25) is 5.95 Å². The van der Waals surface area contributed by atoms with Crippen LogP contribution in [0.3, 0.4) is 0 Å². The largest absolute Gasteiger partial charge is 0.493 e. The lowest BCUT2D eigenvalue weighted by atomic mass is 10.0. The Morgan fingerprint density at radius 3 is 3.04 bits per heavy atom. The highest BCUT2D eigenvalue weighted by atomic mass is 32.2. The van der Waals surface area contributed by atoms with Crippen LogP contribution in [0.4, 0.5) is 5.95 Å². The molecule has 7 heteroatoms. The van der Waals surface area contributed by atoms with Crippen molar-refractivity contribution in [3.8, 4) is 5.75 Å². The molecule has 6 nitrogen and oxygen atoms in total. The van der Waals surface area contributed by atoms with E-state index in [4.69, 9.17) is 4.74 Å². The molecule has 1 aliphatic heterocycles. The number of aromatic nitrogens is 3. The van der Waals surface area contributed by atoms with Crippen molar-refractivity contribution in [2.45, 2.75) is 18.6 Å². The van der Waals surface area contributed by atoms with E-state index in [9.17, 15) is 4.79 Å². The number of hydrogen-bond donors (Lipinski definition) is 1. The van der Waals surface area contributed by atoms with Gasteiger partial charge in [-0.2, -0.15) is 0 Å². The molecule has 1 N–H and O–H groups in total. The normalized spacial score (nSPS) is 13.0. The molecule has 0 saturated heterocycles. The van der Waals surface area contributed by atoms with Gasteiger partial charge in [-0.3, -0.25) is 14.7 Å². The fraction of sp³-hybridized carbons (Fsp3) is 0.235. The summed E-state index contributed by atoms with van der Waals surface area (Å²) >= 11 is 1.64. The molecule has 2 heterocycles. The Kier molecular flexibility index (Phi) is 3.86. The molecule has 0 aliphatic carbocycles. The van der Waals surface area contributed by atoms with Crippen molar-refractivity contribution in [1.82, 2.24) is 14.8 Å². The van der Waals surface area contributed by atoms with Crippen molar-refractivity contribution in [2.75, 3.05) is 17.7 Å². The predicted molar refractivity (Wildman–Crippen MR) is 93.8 cm³/mol. The second kappa shape index (κ2) is 6.16. The number of nitrogens with zero attached hydrogens (tertiary/aromatic N) is 3. The van der Waals surface area contributed by atoms with Gasteiger partial charge in [-0.05, 0) is 23.8 Å². The van der Waals surface area contributed by atoms with Crippen LogP contribution >= 0.6 is 11.8 Å². The number of nitrogens with one attached hydrogen (secondary N) is 1. The molecule has 1 aromatic heterocycles. The Labute approximate surface area is 143 Å². The minimum absolute atomic E-state index is 0.234. The molecule has 0 spiro atoms. The van der Waals surface area contributed by atoms with Gasteiger partial charge in [0.05, 0.1) is 12.2 Å². The molecular formula is C17H16N4O2S. The van der Waals surface area contributed by atoms with Gasteiger partial charge < -0.3 is 4.74 Å². The maximum atomic E-state index is 12.9. The maximum absolute atomic E-state index is 12.9. The third-order valence-corrected chi connectivity index (χ3v) is 4.85. The first-order chi connectivity index (χ1) is 11.8. The zero-order chi connectivity index (χ0) is 16.5. The predicted octanol–water partition coefficient (Wildman–Crippen LogP) is 3.19. The van der Waals surface area contributed by atoms with Crippen LogP contribution in [0.25, 0.3) is 10.8 Å². The summed E-state index contributed by atoms with van der Waals surface area (Å²) in [5.74, 6) is 1.77. The van der Waals surface area contributed by atoms with Crippen LogP contribution in [-0.4, -0.2) is 33.0 Å². The summed E-state index contributed by atoms with van der Waals surface area (Å²) in [5, 5.41) is 13.8. The van der Waals surface area contributed by atoms with Crippen LogP contribution in [0.15, 0.2) is 41.6 Å². The molecule has 0 saturated carbocycles. The van der Waals surface area contributed by atoms with Crippen molar-refractivity contribution in [3.05, 3.63) is 42.0 Å². The molecule has 24 heavy (non-hydrogen) atoms. The lowest BCUT2D eigenvalue weighted by Gasteiger charge is -2.13. The van der Waals surface area contributed by atoms with Gasteiger partial charge >= 0.3 is 0 Å². The van der Waals surface area contributed by atoms with Crippen molar-refractivity contribution in [2.24, 2.45) is 0 Å². The number of amides is 1. The van der Waals surface area contributed by atoms with Crippen molar-refractivity contribution < 1.29 is 9.53 Å². The molecule has 0 unspecified atom stereocenters. The van der Waals surface area contributed by atoms with Crippen LogP contribution in [0, 0.1) is 0 Å². The van der Waals surface area contributed by atoms with Gasteiger partial charge in [0, 0.05) is 12.3 Å². The van der Waals surface area contributed by atoms with E-state index in [2.05, 4.69) is 15.5 Å². The number of thioether (sulfide) groups is 1. The average molecular weight is 340 g/mol. The number of anilines is 1. The monoisotopic (exact) mass is 340 g/mol. The molecule has 0 radical (unpaired) electrons. The number of benzene rings is 2. The maximum Gasteiger partial charge on any atom is 0.262 e. The molecule has 1 amide bonds. The van der Waals surface area contributed by atoms with Crippen molar-refractivity contribution in [1.29, 1.82) is 0 Å². The van der Waals surface area contributed by atoms with Gasteiger partial charge in [0.1, 0.15) is 5.75 Å². The van der Waals surface area contributed by atoms with E-state index >= 15 is 0 Å². The van der Waals surface area contributed by atoms with Gasteiger partial charge in [-0.25, -0.2) is 0 Å². The Bertz CT molecular complexity index is 922. The molecule has 122 valence electrons. The van der Waals surface area contributed by atoms with Crippen molar-refractivity contribution in [3.63, 3.8) is 0 Å². The fourth-order valence-corrected chi connectivity index (χ4v) is 3.73. The van der Waals surface area contributed by atoms with Crippen LogP contribution in [0.1, 0.15) is 17.3 Å². The third-order valence-electron chi connectivity index (χ3n) is 3.91. The van der Waals surface area contributed by atoms with Crippen LogP contribution in [-0.2, 0) is 6.54 Å². The zero-order valence-electron chi connectivity index (χ0n) is 13.2. The van der Waals surface area contributed by atoms with E-state index in [1.807, 2.05) is 47.9 Å². The Morgan fingerprint density at radius 1 is 1.29 bits per heavy atom. The SMILES string of the molecule is CCOc1ccc2ccccc2c1C(=O)Nc1nnc2n1CCS2. The van der Waals surface area contributed by atoms with E-state index < -0.39 is 0 Å². The summed E-state index contributed by atoms with van der Waals surface area (Å²) in [6.45, 7) is 3.20. The summed E-state index contributed by atoms with van der Waals surface area (Å²) in [6, 6.07) is 11.6. The molecule has 3 aromatic rings. The number of carbonyl (C=O) groups excluding carboxylic acids is 1. The summed E-state index contributed by atoms with van der Waals surface area (Å²) in [6.07, 6.45) is 0. The van der Waals surface area contributed by atoms with E-state index in [1.54, 1.807) is 11.8 Å². The lowest BCUT2D eigenvalue weighted by molar-refractivity contribution is 0.102. The van der Waals surface area contributed by atoms with E-state index in [-0.39, 0.29) is 5.91 Å². The first-order valence-corrected chi connectivity index (χ1v) is 8.78. The second-order valence-electron chi connectivity index (χ2n) is 5.35. The van der Waals surface area contributed by atoms with Gasteiger partial charge in [0.15, 0.2) is 5.16 Å². The molecule has 0 bridgehead atoms. The van der Waals surface area contributed by atoms with Gasteiger partial charge in [0.25, 0.3) is 5.91 Å². The summed E-state index contributed by atoms with van der Waals surface area (Å²) in [7, 11) is 0. The minimum atomic E-state index is -0.234. The molecule has 1 aliphatic rings. The third kappa shape index (κ3) is 2.50. The van der Waals surface area contributed by atoms with Crippen molar-refractivity contribution >= 4 is 34.4 Å². The molecule has 2 aromatic carbocycles. The lowest BCUT2D eigenvalue weighted by Crippen LogP contribution is -2.17. The van der Waals surface area contributed by atoms with Gasteiger partial charge in [-0.1, -0.05) is 42.1 Å². The smallest absolute Gasteiger partial charge is 0.262 e. The highest BCUT2D eigenvalue weighted by molar-refractivity contribution is 7.99. The number of ether oxygens (including phenoxy) is 1. The molecule has 0 atom stereocenters. The second-order valence-corrected chi connectivity index (χ2v) is 6.42. The first-order valence-electron chi connectivity index (χ1n) is 7.80. The average Bonchev–Trinajstić information content (AvgIpc) is 3.20. The number of hydrogen-bond acceptors (Lipinski definition) is 5. The summed E-state index contributed by atoms with van der Waals surface area (Å²) < 4.78 is 7.59. The highest BCUT2D eigenvalue weighted by Crippen LogP contribution is 2.30. The van der Waals surface area contributed by atoms with Crippen LogP contribution in [0.2, 0.25) is 0 Å². The first kappa shape index (κ1) is 15.0. The molecule has 0 fully saturated rings. The number of carbonyl (C=O) groups is 1. The Balaban J connectivity index is 1.76. The highest BCUT2D eigenvalue weighted by Gasteiger charge is 2.22. The summed E-state index contributed by atoms with van der Waals surface area (Å²) in [4.78, 5) is 12.9. The number of fused-ring (bicyclic) bond motifs is 2. The van der Waals surface area contributed by atoms with E-state index in [0.29, 0.717) is 23.9 Å². The summed E-state index contributed by atoms with van der Waals surface area (Å²) in [5.41, 5.74) is 0.526. The fourth-order valence-electron chi connectivity index (χ4n) is 2.84. The number of rotatable bonds is 4. The molecule has 4 rings (SSSR count). The topological polar surface area (TPSA) is 69.0 Å². The quantitative estimate of drug-likeness (QED) is 0.790. The molecular weight excluding hydrogens is 324 g/mol. The van der Waals surface area contributed by atoms with Crippen LogP contribution < -0.4 is 10.1 Å². The standard InChI is InChI=1S/C17H16N4O2S/c1-2-23-13-8-7-11-5-3-4-6-12(11)14(13)15(22)18-16-19-20-17-21(16)9-10-24-17/h3-8H,2,9-10H2,1H3,(H,18,19,22). The van der Waals surface area contributed by atoms with E-state index in [0.717, 1.165) is 28.2 Å². The Morgan fingerprint density at radius 2 is 2.17 bits per heavy atom. The van der Waals surface area contributed by atoms with Gasteiger partial charge in [-0.15, -0.1) is 10.2 Å². The minimum Gasteiger partial charge on any atom is -0.493 e.